The second-order valence-electron chi connectivity index (χ2n) is 5.55. The van der Waals surface area contributed by atoms with Gasteiger partial charge in [-0.25, -0.2) is 0 Å². The van der Waals surface area contributed by atoms with Crippen molar-refractivity contribution in [1.29, 1.82) is 0 Å². The fraction of sp³-hybridized carbons (Fsp3) is 0.533. The van der Waals surface area contributed by atoms with E-state index in [-0.39, 0.29) is 23.0 Å². The molecule has 1 aliphatic carbocycles. The van der Waals surface area contributed by atoms with Crippen LogP contribution in [0, 0.1) is 11.3 Å². The summed E-state index contributed by atoms with van der Waals surface area (Å²) in [4.78, 5) is 11.7. The van der Waals surface area contributed by atoms with Crippen molar-refractivity contribution in [3.05, 3.63) is 34.9 Å². The number of hydrogen-bond donors (Lipinski definition) is 0. The zero-order chi connectivity index (χ0) is 12.6. The summed E-state index contributed by atoms with van der Waals surface area (Å²) < 4.78 is 0. The zero-order valence-corrected chi connectivity index (χ0v) is 11.4. The number of Topliss-reactive ketones (excluding diaryl/α,β-unsaturated/α-hetero) is 1. The second kappa shape index (κ2) is 4.45. The third kappa shape index (κ3) is 2.40. The van der Waals surface area contributed by atoms with Gasteiger partial charge in [-0.1, -0.05) is 43.6 Å². The fourth-order valence-corrected chi connectivity index (χ4v) is 2.97. The minimum atomic E-state index is 0.0439. The molecule has 0 heterocycles. The molecule has 0 aromatic heterocycles. The van der Waals surface area contributed by atoms with Gasteiger partial charge in [0.05, 0.1) is 0 Å². The Morgan fingerprint density at radius 3 is 2.41 bits per heavy atom. The number of carbonyl (C=O) groups is 1. The first-order valence-electron chi connectivity index (χ1n) is 6.20. The molecule has 0 amide bonds. The number of benzene rings is 1. The van der Waals surface area contributed by atoms with Gasteiger partial charge < -0.3 is 0 Å². The topological polar surface area (TPSA) is 17.1 Å². The molecule has 1 aliphatic rings. The van der Waals surface area contributed by atoms with Crippen LogP contribution in [-0.4, -0.2) is 5.78 Å². The fourth-order valence-electron chi connectivity index (χ4n) is 2.72. The SMILES string of the molecule is CC(=O)[C@@H](C)[C@H](c1ccccc1Cl)C1(C)CC1. The molecule has 0 aliphatic heterocycles. The van der Waals surface area contributed by atoms with Crippen LogP contribution in [0.15, 0.2) is 24.3 Å². The van der Waals surface area contributed by atoms with Crippen molar-refractivity contribution in [2.45, 2.75) is 39.5 Å². The normalized spacial score (nSPS) is 20.7. The standard InChI is InChI=1S/C15H19ClO/c1-10(11(2)17)14(15(3)8-9-15)12-6-4-5-7-13(12)16/h4-7,10,14H,8-9H2,1-3H3/t10-,14-/m1/s1. The molecule has 1 aromatic carbocycles. The van der Waals surface area contributed by atoms with Crippen molar-refractivity contribution in [1.82, 2.24) is 0 Å². The second-order valence-corrected chi connectivity index (χ2v) is 5.96. The van der Waals surface area contributed by atoms with Crippen LogP contribution in [0.3, 0.4) is 0 Å². The molecule has 1 saturated carbocycles. The zero-order valence-electron chi connectivity index (χ0n) is 10.7. The monoisotopic (exact) mass is 250 g/mol. The van der Waals surface area contributed by atoms with Crippen molar-refractivity contribution in [2.24, 2.45) is 11.3 Å². The molecular formula is C15H19ClO. The molecule has 0 bridgehead atoms. The van der Waals surface area contributed by atoms with Crippen molar-refractivity contribution >= 4 is 17.4 Å². The highest BCUT2D eigenvalue weighted by Crippen LogP contribution is 2.59. The average molecular weight is 251 g/mol. The summed E-state index contributed by atoms with van der Waals surface area (Å²) in [7, 11) is 0. The smallest absolute Gasteiger partial charge is 0.133 e. The summed E-state index contributed by atoms with van der Waals surface area (Å²) in [6.45, 7) is 5.97. The molecule has 2 atom stereocenters. The van der Waals surface area contributed by atoms with Gasteiger partial charge in [-0.15, -0.1) is 0 Å². The minimum Gasteiger partial charge on any atom is -0.300 e. The van der Waals surface area contributed by atoms with Crippen LogP contribution in [0.4, 0.5) is 0 Å². The van der Waals surface area contributed by atoms with Gasteiger partial charge in [0.2, 0.25) is 0 Å². The number of halogens is 1. The molecule has 17 heavy (non-hydrogen) atoms. The number of carbonyl (C=O) groups excluding carboxylic acids is 1. The van der Waals surface area contributed by atoms with Crippen molar-refractivity contribution in [2.75, 3.05) is 0 Å². The molecule has 1 nitrogen and oxygen atoms in total. The Morgan fingerprint density at radius 2 is 1.94 bits per heavy atom. The van der Waals surface area contributed by atoms with E-state index in [1.54, 1.807) is 6.92 Å². The number of hydrogen-bond acceptors (Lipinski definition) is 1. The van der Waals surface area contributed by atoms with Crippen LogP contribution in [-0.2, 0) is 4.79 Å². The Balaban J connectivity index is 2.41. The summed E-state index contributed by atoms with van der Waals surface area (Å²) in [6, 6.07) is 7.93. The number of ketones is 1. The van der Waals surface area contributed by atoms with E-state index < -0.39 is 0 Å². The van der Waals surface area contributed by atoms with Gasteiger partial charge >= 0.3 is 0 Å². The van der Waals surface area contributed by atoms with Crippen molar-refractivity contribution in [3.63, 3.8) is 0 Å². The summed E-state index contributed by atoms with van der Waals surface area (Å²) >= 11 is 6.29. The molecule has 2 rings (SSSR count). The van der Waals surface area contributed by atoms with E-state index >= 15 is 0 Å². The highest BCUT2D eigenvalue weighted by Gasteiger charge is 2.48. The quantitative estimate of drug-likeness (QED) is 0.772. The molecule has 0 saturated heterocycles. The molecule has 0 radical (unpaired) electrons. The molecular weight excluding hydrogens is 232 g/mol. The van der Waals surface area contributed by atoms with Gasteiger partial charge in [-0.3, -0.25) is 4.79 Å². The van der Waals surface area contributed by atoms with E-state index in [1.807, 2.05) is 25.1 Å². The first-order valence-corrected chi connectivity index (χ1v) is 6.58. The Hall–Kier alpha value is -0.820. The largest absolute Gasteiger partial charge is 0.300 e. The molecule has 0 unspecified atom stereocenters. The van der Waals surface area contributed by atoms with Gasteiger partial charge in [0.1, 0.15) is 5.78 Å². The Morgan fingerprint density at radius 1 is 1.35 bits per heavy atom. The van der Waals surface area contributed by atoms with Crippen molar-refractivity contribution in [3.8, 4) is 0 Å². The van der Waals surface area contributed by atoms with E-state index in [4.69, 9.17) is 11.6 Å². The highest BCUT2D eigenvalue weighted by atomic mass is 35.5. The van der Waals surface area contributed by atoms with Gasteiger partial charge in [0.15, 0.2) is 0 Å². The Kier molecular flexibility index (Phi) is 3.31. The van der Waals surface area contributed by atoms with E-state index in [0.717, 1.165) is 10.6 Å². The van der Waals surface area contributed by atoms with Crippen molar-refractivity contribution < 1.29 is 4.79 Å². The molecule has 1 fully saturated rings. The van der Waals surface area contributed by atoms with E-state index in [0.29, 0.717) is 0 Å². The van der Waals surface area contributed by atoms with Crippen LogP contribution < -0.4 is 0 Å². The molecule has 2 heteroatoms. The summed E-state index contributed by atoms with van der Waals surface area (Å²) in [5.74, 6) is 0.555. The minimum absolute atomic E-state index is 0.0439. The van der Waals surface area contributed by atoms with Crippen LogP contribution in [0.1, 0.15) is 45.1 Å². The van der Waals surface area contributed by atoms with Gasteiger partial charge in [0, 0.05) is 16.9 Å². The average Bonchev–Trinajstić information content (AvgIpc) is 3.00. The van der Waals surface area contributed by atoms with Gasteiger partial charge in [-0.2, -0.15) is 0 Å². The maximum absolute atomic E-state index is 11.7. The predicted molar refractivity (Wildman–Crippen MR) is 71.4 cm³/mol. The maximum atomic E-state index is 11.7. The summed E-state index contributed by atoms with van der Waals surface area (Å²) in [5.41, 5.74) is 1.40. The lowest BCUT2D eigenvalue weighted by Crippen LogP contribution is -2.24. The molecule has 92 valence electrons. The maximum Gasteiger partial charge on any atom is 0.133 e. The first kappa shape index (κ1) is 12.6. The van der Waals surface area contributed by atoms with E-state index in [1.165, 1.54) is 12.8 Å². The lowest BCUT2D eigenvalue weighted by Gasteiger charge is -2.29. The van der Waals surface area contributed by atoms with E-state index in [2.05, 4.69) is 13.0 Å². The lowest BCUT2D eigenvalue weighted by atomic mass is 9.74. The molecule has 1 aromatic rings. The first-order chi connectivity index (χ1) is 7.96. The molecule has 0 N–H and O–H groups in total. The van der Waals surface area contributed by atoms with Gasteiger partial charge in [0.25, 0.3) is 0 Å². The molecule has 0 spiro atoms. The third-order valence-electron chi connectivity index (χ3n) is 4.17. The Labute approximate surface area is 108 Å². The summed E-state index contributed by atoms with van der Waals surface area (Å²) in [6.07, 6.45) is 2.39. The Bertz CT molecular complexity index is 434. The van der Waals surface area contributed by atoms with Crippen LogP contribution in [0.2, 0.25) is 5.02 Å². The third-order valence-corrected chi connectivity index (χ3v) is 4.52. The predicted octanol–water partition coefficient (Wildman–Crippen LogP) is 4.45. The van der Waals surface area contributed by atoms with E-state index in [9.17, 15) is 4.79 Å². The number of rotatable bonds is 4. The summed E-state index contributed by atoms with van der Waals surface area (Å²) in [5, 5.41) is 0.790. The van der Waals surface area contributed by atoms with Gasteiger partial charge in [-0.05, 0) is 36.8 Å². The van der Waals surface area contributed by atoms with Crippen LogP contribution in [0.5, 0.6) is 0 Å². The van der Waals surface area contributed by atoms with Crippen LogP contribution in [0.25, 0.3) is 0 Å². The highest BCUT2D eigenvalue weighted by molar-refractivity contribution is 6.31. The lowest BCUT2D eigenvalue weighted by molar-refractivity contribution is -0.121. The van der Waals surface area contributed by atoms with Crippen LogP contribution >= 0.6 is 11.6 Å².